The first-order valence-electron chi connectivity index (χ1n) is 6.71. The number of hydrogen-bond acceptors (Lipinski definition) is 3. The molecule has 3 rings (SSSR count). The van der Waals surface area contributed by atoms with Gasteiger partial charge in [-0.1, -0.05) is 6.07 Å². The molecule has 20 heavy (non-hydrogen) atoms. The SMILES string of the molecule is Cc1cccc2nc(C(=O)N(C)C3(C#N)CCC3)cn12. The van der Waals surface area contributed by atoms with Gasteiger partial charge in [0.05, 0.1) is 6.07 Å². The number of rotatable bonds is 2. The van der Waals surface area contributed by atoms with Gasteiger partial charge in [0.15, 0.2) is 0 Å². The molecular weight excluding hydrogens is 252 g/mol. The van der Waals surface area contributed by atoms with Crippen LogP contribution in [0.5, 0.6) is 0 Å². The highest BCUT2D eigenvalue weighted by Gasteiger charge is 2.44. The molecule has 0 unspecified atom stereocenters. The van der Waals surface area contributed by atoms with Crippen LogP contribution in [0.15, 0.2) is 24.4 Å². The number of amides is 1. The van der Waals surface area contributed by atoms with Gasteiger partial charge in [0.1, 0.15) is 16.9 Å². The molecule has 5 nitrogen and oxygen atoms in total. The van der Waals surface area contributed by atoms with E-state index in [0.717, 1.165) is 30.6 Å². The van der Waals surface area contributed by atoms with Crippen molar-refractivity contribution in [2.24, 2.45) is 0 Å². The summed E-state index contributed by atoms with van der Waals surface area (Å²) in [5, 5.41) is 9.32. The second-order valence-electron chi connectivity index (χ2n) is 5.38. The summed E-state index contributed by atoms with van der Waals surface area (Å²) in [4.78, 5) is 18.4. The maximum atomic E-state index is 12.5. The Morgan fingerprint density at radius 3 is 2.80 bits per heavy atom. The zero-order valence-electron chi connectivity index (χ0n) is 11.6. The van der Waals surface area contributed by atoms with E-state index in [1.165, 1.54) is 0 Å². The van der Waals surface area contributed by atoms with Crippen molar-refractivity contribution in [1.82, 2.24) is 14.3 Å². The lowest BCUT2D eigenvalue weighted by molar-refractivity contribution is 0.0492. The van der Waals surface area contributed by atoms with Gasteiger partial charge in [-0.15, -0.1) is 0 Å². The number of nitriles is 1. The van der Waals surface area contributed by atoms with Crippen molar-refractivity contribution in [2.75, 3.05) is 7.05 Å². The molecule has 0 aromatic carbocycles. The van der Waals surface area contributed by atoms with E-state index in [1.54, 1.807) is 18.1 Å². The van der Waals surface area contributed by atoms with Gasteiger partial charge in [-0.3, -0.25) is 4.79 Å². The second kappa shape index (κ2) is 4.34. The molecule has 5 heteroatoms. The molecular formula is C15H16N4O. The molecule has 0 N–H and O–H groups in total. The number of aryl methyl sites for hydroxylation is 1. The Hall–Kier alpha value is -2.35. The van der Waals surface area contributed by atoms with Crippen molar-refractivity contribution in [3.63, 3.8) is 0 Å². The van der Waals surface area contributed by atoms with Crippen molar-refractivity contribution in [2.45, 2.75) is 31.7 Å². The molecule has 1 fully saturated rings. The smallest absolute Gasteiger partial charge is 0.275 e. The summed E-state index contributed by atoms with van der Waals surface area (Å²) >= 11 is 0. The Kier molecular flexibility index (Phi) is 2.75. The van der Waals surface area contributed by atoms with Gasteiger partial charge < -0.3 is 9.30 Å². The lowest BCUT2D eigenvalue weighted by Gasteiger charge is -2.42. The number of carbonyl (C=O) groups is 1. The standard InChI is InChI=1S/C15H16N4O/c1-11-5-3-6-13-17-12(9-19(11)13)14(20)18(2)15(10-16)7-4-8-15/h3,5-6,9H,4,7-8H2,1-2H3. The van der Waals surface area contributed by atoms with Crippen molar-refractivity contribution in [3.05, 3.63) is 35.8 Å². The van der Waals surface area contributed by atoms with E-state index in [1.807, 2.05) is 29.5 Å². The Balaban J connectivity index is 1.97. The maximum Gasteiger partial charge on any atom is 0.275 e. The fraction of sp³-hybridized carbons (Fsp3) is 0.400. The van der Waals surface area contributed by atoms with Crippen LogP contribution >= 0.6 is 0 Å². The normalized spacial score (nSPS) is 16.4. The Morgan fingerprint density at radius 1 is 1.50 bits per heavy atom. The van der Waals surface area contributed by atoms with E-state index >= 15 is 0 Å². The van der Waals surface area contributed by atoms with Crippen LogP contribution in [-0.2, 0) is 0 Å². The van der Waals surface area contributed by atoms with Crippen molar-refractivity contribution < 1.29 is 4.79 Å². The molecule has 1 amide bonds. The van der Waals surface area contributed by atoms with Crippen LogP contribution in [0, 0.1) is 18.3 Å². The fourth-order valence-corrected chi connectivity index (χ4v) is 2.65. The minimum absolute atomic E-state index is 0.186. The van der Waals surface area contributed by atoms with Gasteiger partial charge in [-0.05, 0) is 38.3 Å². The number of aromatic nitrogens is 2. The topological polar surface area (TPSA) is 61.4 Å². The van der Waals surface area contributed by atoms with Crippen molar-refractivity contribution >= 4 is 11.6 Å². The van der Waals surface area contributed by atoms with E-state index in [-0.39, 0.29) is 5.91 Å². The third-order valence-corrected chi connectivity index (χ3v) is 4.25. The first kappa shape index (κ1) is 12.7. The molecule has 0 radical (unpaired) electrons. The summed E-state index contributed by atoms with van der Waals surface area (Å²) in [6, 6.07) is 8.03. The summed E-state index contributed by atoms with van der Waals surface area (Å²) in [5.74, 6) is -0.186. The van der Waals surface area contributed by atoms with Gasteiger partial charge in [0.2, 0.25) is 0 Å². The first-order valence-corrected chi connectivity index (χ1v) is 6.71. The number of fused-ring (bicyclic) bond motifs is 1. The molecule has 0 atom stereocenters. The summed E-state index contributed by atoms with van der Waals surface area (Å²) < 4.78 is 1.89. The number of hydrogen-bond donors (Lipinski definition) is 0. The summed E-state index contributed by atoms with van der Waals surface area (Å²) in [5.41, 5.74) is 1.53. The summed E-state index contributed by atoms with van der Waals surface area (Å²) in [7, 11) is 1.70. The van der Waals surface area contributed by atoms with Gasteiger partial charge in [-0.25, -0.2) is 4.98 Å². The molecule has 102 valence electrons. The molecule has 0 bridgehead atoms. The average molecular weight is 268 g/mol. The van der Waals surface area contributed by atoms with Crippen LogP contribution in [0.25, 0.3) is 5.65 Å². The number of carbonyl (C=O) groups excluding carboxylic acids is 1. The maximum absolute atomic E-state index is 12.5. The van der Waals surface area contributed by atoms with E-state index < -0.39 is 5.54 Å². The van der Waals surface area contributed by atoms with E-state index in [0.29, 0.717) is 5.69 Å². The Labute approximate surface area is 117 Å². The molecule has 2 heterocycles. The zero-order chi connectivity index (χ0) is 14.3. The molecule has 2 aromatic rings. The van der Waals surface area contributed by atoms with E-state index in [9.17, 15) is 10.1 Å². The first-order chi connectivity index (χ1) is 9.57. The molecule has 2 aromatic heterocycles. The lowest BCUT2D eigenvalue weighted by Crippen LogP contribution is -2.53. The highest BCUT2D eigenvalue weighted by Crippen LogP contribution is 2.36. The summed E-state index contributed by atoms with van der Waals surface area (Å²) in [6.45, 7) is 1.97. The monoisotopic (exact) mass is 268 g/mol. The number of imidazole rings is 1. The van der Waals surface area contributed by atoms with E-state index in [2.05, 4.69) is 11.1 Å². The predicted octanol–water partition coefficient (Wildman–Crippen LogP) is 2.16. The molecule has 1 aliphatic rings. The molecule has 1 aliphatic carbocycles. The average Bonchev–Trinajstić information content (AvgIpc) is 2.82. The van der Waals surface area contributed by atoms with E-state index in [4.69, 9.17) is 0 Å². The minimum Gasteiger partial charge on any atom is -0.322 e. The third-order valence-electron chi connectivity index (χ3n) is 4.25. The lowest BCUT2D eigenvalue weighted by atomic mass is 9.76. The molecule has 0 aliphatic heterocycles. The third kappa shape index (κ3) is 1.68. The second-order valence-corrected chi connectivity index (χ2v) is 5.38. The zero-order valence-corrected chi connectivity index (χ0v) is 11.6. The molecule has 0 saturated heterocycles. The quantitative estimate of drug-likeness (QED) is 0.838. The Morgan fingerprint density at radius 2 is 2.25 bits per heavy atom. The van der Waals surface area contributed by atoms with Gasteiger partial charge in [0, 0.05) is 18.9 Å². The minimum atomic E-state index is -0.637. The number of pyridine rings is 1. The fourth-order valence-electron chi connectivity index (χ4n) is 2.65. The van der Waals surface area contributed by atoms with Crippen LogP contribution < -0.4 is 0 Å². The highest BCUT2D eigenvalue weighted by molar-refractivity contribution is 5.93. The Bertz CT molecular complexity index is 721. The molecule has 1 saturated carbocycles. The van der Waals surface area contributed by atoms with Crippen molar-refractivity contribution in [1.29, 1.82) is 5.26 Å². The predicted molar refractivity (Wildman–Crippen MR) is 74.2 cm³/mol. The van der Waals surface area contributed by atoms with Gasteiger partial charge in [-0.2, -0.15) is 5.26 Å². The number of nitrogens with zero attached hydrogens (tertiary/aromatic N) is 4. The highest BCUT2D eigenvalue weighted by atomic mass is 16.2. The largest absolute Gasteiger partial charge is 0.322 e. The van der Waals surface area contributed by atoms with Gasteiger partial charge >= 0.3 is 0 Å². The van der Waals surface area contributed by atoms with Crippen LogP contribution in [0.4, 0.5) is 0 Å². The van der Waals surface area contributed by atoms with Gasteiger partial charge in [0.25, 0.3) is 5.91 Å². The van der Waals surface area contributed by atoms with Crippen molar-refractivity contribution in [3.8, 4) is 6.07 Å². The van der Waals surface area contributed by atoms with Crippen LogP contribution in [0.2, 0.25) is 0 Å². The van der Waals surface area contributed by atoms with Crippen LogP contribution in [-0.4, -0.2) is 32.8 Å². The summed E-state index contributed by atoms with van der Waals surface area (Å²) in [6.07, 6.45) is 4.24. The molecule has 0 spiro atoms. The van der Waals surface area contributed by atoms with Crippen LogP contribution in [0.1, 0.15) is 35.4 Å². The van der Waals surface area contributed by atoms with Crippen LogP contribution in [0.3, 0.4) is 0 Å².